The fourth-order valence-corrected chi connectivity index (χ4v) is 2.46. The molecule has 0 radical (unpaired) electrons. The number of rotatable bonds is 4. The highest BCUT2D eigenvalue weighted by Gasteiger charge is 2.12. The Bertz CT molecular complexity index is 676. The van der Waals surface area contributed by atoms with Crippen LogP contribution in [0, 0.1) is 6.92 Å². The lowest BCUT2D eigenvalue weighted by molar-refractivity contribution is 0.262. The molecule has 23 heavy (non-hydrogen) atoms. The van der Waals surface area contributed by atoms with Crippen molar-refractivity contribution < 1.29 is 4.79 Å². The zero-order valence-electron chi connectivity index (χ0n) is 14.5. The fraction of sp³-hybridized carbons (Fsp3) is 0.316. The molecule has 0 spiro atoms. The lowest BCUT2D eigenvalue weighted by Gasteiger charge is -2.17. The first-order valence-electron chi connectivity index (χ1n) is 7.83. The van der Waals surface area contributed by atoms with Gasteiger partial charge in [-0.15, -0.1) is 0 Å². The Morgan fingerprint density at radius 2 is 1.65 bits per heavy atom. The third-order valence-electron chi connectivity index (χ3n) is 3.81. The Morgan fingerprint density at radius 3 is 2.22 bits per heavy atom. The van der Waals surface area contributed by atoms with Crippen molar-refractivity contribution in [3.8, 4) is 0 Å². The largest absolute Gasteiger partial charge is 0.378 e. The van der Waals surface area contributed by atoms with E-state index in [2.05, 4.69) is 30.5 Å². The van der Waals surface area contributed by atoms with Crippen LogP contribution in [0.2, 0.25) is 0 Å². The quantitative estimate of drug-likeness (QED) is 0.849. The maximum absolute atomic E-state index is 12.3. The van der Waals surface area contributed by atoms with Gasteiger partial charge in [0, 0.05) is 31.2 Å². The van der Waals surface area contributed by atoms with Crippen molar-refractivity contribution in [2.45, 2.75) is 26.7 Å². The van der Waals surface area contributed by atoms with Gasteiger partial charge in [-0.2, -0.15) is 0 Å². The van der Waals surface area contributed by atoms with E-state index in [-0.39, 0.29) is 6.03 Å². The van der Waals surface area contributed by atoms with Gasteiger partial charge in [-0.05, 0) is 48.2 Å². The van der Waals surface area contributed by atoms with Crippen LogP contribution in [0.4, 0.5) is 21.9 Å². The molecule has 2 N–H and O–H groups in total. The second-order valence-corrected chi connectivity index (χ2v) is 6.21. The summed E-state index contributed by atoms with van der Waals surface area (Å²) in [5.41, 5.74) is 4.96. The van der Waals surface area contributed by atoms with Gasteiger partial charge in [-0.1, -0.05) is 32.0 Å². The van der Waals surface area contributed by atoms with Gasteiger partial charge < -0.3 is 15.5 Å². The number of amides is 2. The predicted octanol–water partition coefficient (Wildman–Crippen LogP) is 4.83. The second kappa shape index (κ2) is 7.18. The van der Waals surface area contributed by atoms with E-state index in [9.17, 15) is 4.79 Å². The average Bonchev–Trinajstić information content (AvgIpc) is 2.49. The summed E-state index contributed by atoms with van der Waals surface area (Å²) in [6.07, 6.45) is 0. The van der Waals surface area contributed by atoms with E-state index in [1.165, 1.54) is 0 Å². The predicted molar refractivity (Wildman–Crippen MR) is 98.7 cm³/mol. The van der Waals surface area contributed by atoms with Crippen LogP contribution in [0.15, 0.2) is 42.5 Å². The van der Waals surface area contributed by atoms with Gasteiger partial charge in [0.15, 0.2) is 0 Å². The summed E-state index contributed by atoms with van der Waals surface area (Å²) in [5.74, 6) is 0.351. The SMILES string of the molecule is Cc1cccc(C(C)C)c1NC(=O)Nc1ccc(N(C)C)cc1. The number of para-hydroxylation sites is 1. The van der Waals surface area contributed by atoms with E-state index < -0.39 is 0 Å². The number of aryl methyl sites for hydroxylation is 1. The Morgan fingerprint density at radius 1 is 1.00 bits per heavy atom. The Kier molecular flexibility index (Phi) is 5.27. The maximum Gasteiger partial charge on any atom is 0.323 e. The highest BCUT2D eigenvalue weighted by Crippen LogP contribution is 2.27. The summed E-state index contributed by atoms with van der Waals surface area (Å²) >= 11 is 0. The van der Waals surface area contributed by atoms with Crippen molar-refractivity contribution in [1.29, 1.82) is 0 Å². The molecule has 122 valence electrons. The molecule has 2 rings (SSSR count). The zero-order valence-corrected chi connectivity index (χ0v) is 14.5. The lowest BCUT2D eigenvalue weighted by atomic mass is 9.98. The van der Waals surface area contributed by atoms with Gasteiger partial charge in [0.2, 0.25) is 0 Å². The molecular weight excluding hydrogens is 286 g/mol. The highest BCUT2D eigenvalue weighted by molar-refractivity contribution is 6.00. The van der Waals surface area contributed by atoms with Crippen molar-refractivity contribution in [2.24, 2.45) is 0 Å². The minimum Gasteiger partial charge on any atom is -0.378 e. The zero-order chi connectivity index (χ0) is 17.0. The van der Waals surface area contributed by atoms with Crippen LogP contribution in [0.5, 0.6) is 0 Å². The van der Waals surface area contributed by atoms with E-state index in [1.54, 1.807) is 0 Å². The molecule has 2 amide bonds. The van der Waals surface area contributed by atoms with Gasteiger partial charge in [-0.3, -0.25) is 0 Å². The van der Waals surface area contributed by atoms with Gasteiger partial charge in [0.05, 0.1) is 0 Å². The summed E-state index contributed by atoms with van der Waals surface area (Å²) in [6.45, 7) is 6.25. The highest BCUT2D eigenvalue weighted by atomic mass is 16.2. The van der Waals surface area contributed by atoms with Crippen LogP contribution in [-0.2, 0) is 0 Å². The van der Waals surface area contributed by atoms with Crippen molar-refractivity contribution in [1.82, 2.24) is 0 Å². The molecule has 0 unspecified atom stereocenters. The molecule has 0 aromatic heterocycles. The van der Waals surface area contributed by atoms with Gasteiger partial charge in [-0.25, -0.2) is 4.79 Å². The third-order valence-corrected chi connectivity index (χ3v) is 3.81. The first-order chi connectivity index (χ1) is 10.9. The summed E-state index contributed by atoms with van der Waals surface area (Å²) in [7, 11) is 3.97. The second-order valence-electron chi connectivity index (χ2n) is 6.21. The molecule has 0 aliphatic rings. The van der Waals surface area contributed by atoms with Gasteiger partial charge >= 0.3 is 6.03 Å². The minimum atomic E-state index is -0.223. The molecular formula is C19H25N3O. The van der Waals surface area contributed by atoms with Crippen LogP contribution in [0.1, 0.15) is 30.9 Å². The topological polar surface area (TPSA) is 44.4 Å². The number of carbonyl (C=O) groups excluding carboxylic acids is 1. The van der Waals surface area contributed by atoms with Gasteiger partial charge in [0.1, 0.15) is 0 Å². The lowest BCUT2D eigenvalue weighted by Crippen LogP contribution is -2.21. The molecule has 0 saturated heterocycles. The molecule has 0 heterocycles. The van der Waals surface area contributed by atoms with E-state index in [4.69, 9.17) is 0 Å². The number of hydrogen-bond acceptors (Lipinski definition) is 2. The number of nitrogens with zero attached hydrogens (tertiary/aromatic N) is 1. The van der Waals surface area contributed by atoms with Crippen molar-refractivity contribution in [3.63, 3.8) is 0 Å². The number of carbonyl (C=O) groups is 1. The molecule has 0 aliphatic carbocycles. The summed E-state index contributed by atoms with van der Waals surface area (Å²) in [4.78, 5) is 14.3. The first kappa shape index (κ1) is 16.9. The van der Waals surface area contributed by atoms with Crippen molar-refractivity contribution >= 4 is 23.1 Å². The van der Waals surface area contributed by atoms with E-state index in [1.807, 2.05) is 62.3 Å². The monoisotopic (exact) mass is 311 g/mol. The standard InChI is InChI=1S/C19H25N3O/c1-13(2)17-8-6-7-14(3)18(17)21-19(23)20-15-9-11-16(12-10-15)22(4)5/h6-13H,1-5H3,(H2,20,21,23). The van der Waals surface area contributed by atoms with Crippen LogP contribution in [0.3, 0.4) is 0 Å². The Balaban J connectivity index is 2.11. The fourth-order valence-electron chi connectivity index (χ4n) is 2.46. The average molecular weight is 311 g/mol. The molecule has 4 nitrogen and oxygen atoms in total. The normalized spacial score (nSPS) is 10.5. The summed E-state index contributed by atoms with van der Waals surface area (Å²) in [6, 6.07) is 13.6. The molecule has 0 fully saturated rings. The number of benzene rings is 2. The smallest absolute Gasteiger partial charge is 0.323 e. The number of hydrogen-bond donors (Lipinski definition) is 2. The van der Waals surface area contributed by atoms with E-state index in [0.29, 0.717) is 5.92 Å². The van der Waals surface area contributed by atoms with Crippen LogP contribution < -0.4 is 15.5 Å². The van der Waals surface area contributed by atoms with Crippen molar-refractivity contribution in [2.75, 3.05) is 29.6 Å². The molecule has 2 aromatic carbocycles. The minimum absolute atomic E-state index is 0.223. The summed E-state index contributed by atoms with van der Waals surface area (Å²) in [5, 5.41) is 5.87. The first-order valence-corrected chi connectivity index (χ1v) is 7.83. The molecule has 0 bridgehead atoms. The van der Waals surface area contributed by atoms with Crippen LogP contribution in [-0.4, -0.2) is 20.1 Å². The maximum atomic E-state index is 12.3. The Labute approximate surface area is 138 Å². The van der Waals surface area contributed by atoms with Crippen LogP contribution >= 0.6 is 0 Å². The van der Waals surface area contributed by atoms with E-state index in [0.717, 1.165) is 28.2 Å². The number of urea groups is 1. The summed E-state index contributed by atoms with van der Waals surface area (Å²) < 4.78 is 0. The van der Waals surface area contributed by atoms with Crippen molar-refractivity contribution in [3.05, 3.63) is 53.6 Å². The molecule has 0 atom stereocenters. The molecule has 0 aliphatic heterocycles. The Hall–Kier alpha value is -2.49. The molecule has 2 aromatic rings. The number of nitrogens with one attached hydrogen (secondary N) is 2. The third kappa shape index (κ3) is 4.25. The molecule has 0 saturated carbocycles. The van der Waals surface area contributed by atoms with E-state index >= 15 is 0 Å². The molecule has 4 heteroatoms. The van der Waals surface area contributed by atoms with Crippen LogP contribution in [0.25, 0.3) is 0 Å². The number of anilines is 3. The van der Waals surface area contributed by atoms with Gasteiger partial charge in [0.25, 0.3) is 0 Å².